The molecule has 0 spiro atoms. The summed E-state index contributed by atoms with van der Waals surface area (Å²) in [7, 11) is 0. The van der Waals surface area contributed by atoms with Crippen molar-refractivity contribution in [3.8, 4) is 0 Å². The Morgan fingerprint density at radius 2 is 2.18 bits per heavy atom. The van der Waals surface area contributed by atoms with E-state index in [9.17, 15) is 0 Å². The van der Waals surface area contributed by atoms with Crippen LogP contribution in [0.15, 0.2) is 6.20 Å². The second-order valence-corrected chi connectivity index (χ2v) is 4.48. The number of nitrogens with one attached hydrogen (secondary N) is 1. The standard InChI is InChI=1S/C12H22N4O/c1-9(2)4-6-17-7-5-14-11-10(3)8-15-12(13)16-11/h8-9H,4-7H2,1-3H3,(H3,13,14,15,16). The molecule has 0 radical (unpaired) electrons. The Balaban J connectivity index is 2.20. The van der Waals surface area contributed by atoms with Crippen LogP contribution in [0.4, 0.5) is 11.8 Å². The molecular formula is C12H22N4O. The predicted octanol–water partition coefficient (Wildman–Crippen LogP) is 1.84. The van der Waals surface area contributed by atoms with Crippen LogP contribution in [0.2, 0.25) is 0 Å². The first-order valence-electron chi connectivity index (χ1n) is 6.00. The van der Waals surface area contributed by atoms with Crippen molar-refractivity contribution in [2.75, 3.05) is 30.8 Å². The van der Waals surface area contributed by atoms with Gasteiger partial charge in [0.25, 0.3) is 0 Å². The first-order chi connectivity index (χ1) is 8.09. The second kappa shape index (κ2) is 7.06. The predicted molar refractivity (Wildman–Crippen MR) is 69.9 cm³/mol. The van der Waals surface area contributed by atoms with Crippen LogP contribution in [0.3, 0.4) is 0 Å². The molecule has 0 aliphatic carbocycles. The van der Waals surface area contributed by atoms with Crippen molar-refractivity contribution >= 4 is 11.8 Å². The molecule has 0 aliphatic rings. The van der Waals surface area contributed by atoms with Gasteiger partial charge in [0.15, 0.2) is 0 Å². The molecule has 0 saturated heterocycles. The second-order valence-electron chi connectivity index (χ2n) is 4.48. The van der Waals surface area contributed by atoms with Crippen LogP contribution in [0.25, 0.3) is 0 Å². The fourth-order valence-corrected chi connectivity index (χ4v) is 1.30. The molecular weight excluding hydrogens is 216 g/mol. The number of rotatable bonds is 7. The van der Waals surface area contributed by atoms with E-state index >= 15 is 0 Å². The minimum Gasteiger partial charge on any atom is -0.380 e. The van der Waals surface area contributed by atoms with E-state index < -0.39 is 0 Å². The summed E-state index contributed by atoms with van der Waals surface area (Å²) in [5.74, 6) is 1.76. The van der Waals surface area contributed by atoms with E-state index in [0.29, 0.717) is 18.5 Å². The van der Waals surface area contributed by atoms with Crippen LogP contribution < -0.4 is 11.1 Å². The molecule has 17 heavy (non-hydrogen) atoms. The topological polar surface area (TPSA) is 73.1 Å². The number of hydrogen-bond donors (Lipinski definition) is 2. The zero-order valence-electron chi connectivity index (χ0n) is 10.9. The molecule has 0 aromatic carbocycles. The van der Waals surface area contributed by atoms with E-state index in [-0.39, 0.29) is 0 Å². The highest BCUT2D eigenvalue weighted by atomic mass is 16.5. The van der Waals surface area contributed by atoms with Crippen molar-refractivity contribution in [3.05, 3.63) is 11.8 Å². The lowest BCUT2D eigenvalue weighted by Gasteiger charge is -2.09. The van der Waals surface area contributed by atoms with Crippen molar-refractivity contribution in [1.82, 2.24) is 9.97 Å². The zero-order valence-corrected chi connectivity index (χ0v) is 10.9. The Morgan fingerprint density at radius 3 is 2.88 bits per heavy atom. The minimum absolute atomic E-state index is 0.291. The molecule has 3 N–H and O–H groups in total. The maximum Gasteiger partial charge on any atom is 0.221 e. The SMILES string of the molecule is Cc1cnc(N)nc1NCCOCCC(C)C. The third-order valence-corrected chi connectivity index (χ3v) is 2.37. The van der Waals surface area contributed by atoms with Gasteiger partial charge in [0, 0.05) is 24.9 Å². The summed E-state index contributed by atoms with van der Waals surface area (Å²) in [5, 5.41) is 3.19. The van der Waals surface area contributed by atoms with Gasteiger partial charge < -0.3 is 15.8 Å². The van der Waals surface area contributed by atoms with E-state index in [1.54, 1.807) is 6.20 Å². The van der Waals surface area contributed by atoms with E-state index in [2.05, 4.69) is 29.1 Å². The summed E-state index contributed by atoms with van der Waals surface area (Å²) < 4.78 is 5.50. The van der Waals surface area contributed by atoms with Crippen LogP contribution in [0.5, 0.6) is 0 Å². The molecule has 1 aromatic rings. The largest absolute Gasteiger partial charge is 0.380 e. The van der Waals surface area contributed by atoms with E-state index in [4.69, 9.17) is 10.5 Å². The summed E-state index contributed by atoms with van der Waals surface area (Å²) in [6.07, 6.45) is 2.81. The lowest BCUT2D eigenvalue weighted by Crippen LogP contribution is -2.13. The molecule has 1 aromatic heterocycles. The number of anilines is 2. The molecule has 1 heterocycles. The Hall–Kier alpha value is -1.36. The van der Waals surface area contributed by atoms with E-state index in [1.165, 1.54) is 0 Å². The normalized spacial score (nSPS) is 10.8. The van der Waals surface area contributed by atoms with Crippen molar-refractivity contribution < 1.29 is 4.74 Å². The van der Waals surface area contributed by atoms with Gasteiger partial charge in [-0.1, -0.05) is 13.8 Å². The molecule has 96 valence electrons. The summed E-state index contributed by atoms with van der Waals surface area (Å²) in [6, 6.07) is 0. The van der Waals surface area contributed by atoms with Gasteiger partial charge in [0.05, 0.1) is 6.61 Å². The van der Waals surface area contributed by atoms with Crippen molar-refractivity contribution in [3.63, 3.8) is 0 Å². The zero-order chi connectivity index (χ0) is 12.7. The van der Waals surface area contributed by atoms with Gasteiger partial charge in [0.1, 0.15) is 5.82 Å². The Kier molecular flexibility index (Phi) is 5.69. The molecule has 0 bridgehead atoms. The average molecular weight is 238 g/mol. The van der Waals surface area contributed by atoms with Crippen LogP contribution >= 0.6 is 0 Å². The quantitative estimate of drug-likeness (QED) is 0.709. The summed E-state index contributed by atoms with van der Waals surface area (Å²) >= 11 is 0. The number of nitrogens with two attached hydrogens (primary N) is 1. The number of aromatic nitrogens is 2. The fraction of sp³-hybridized carbons (Fsp3) is 0.667. The number of nitrogen functional groups attached to an aromatic ring is 1. The molecule has 0 aliphatic heterocycles. The van der Waals surface area contributed by atoms with Gasteiger partial charge in [0.2, 0.25) is 5.95 Å². The van der Waals surface area contributed by atoms with Gasteiger partial charge >= 0.3 is 0 Å². The van der Waals surface area contributed by atoms with Crippen LogP contribution in [0, 0.1) is 12.8 Å². The van der Waals surface area contributed by atoms with Crippen molar-refractivity contribution in [2.24, 2.45) is 5.92 Å². The van der Waals surface area contributed by atoms with Crippen molar-refractivity contribution in [1.29, 1.82) is 0 Å². The maximum absolute atomic E-state index is 5.52. The third-order valence-electron chi connectivity index (χ3n) is 2.37. The number of aryl methyl sites for hydroxylation is 1. The molecule has 1 rings (SSSR count). The molecule has 5 nitrogen and oxygen atoms in total. The lowest BCUT2D eigenvalue weighted by molar-refractivity contribution is 0.132. The molecule has 0 unspecified atom stereocenters. The van der Waals surface area contributed by atoms with E-state index in [1.807, 2.05) is 6.92 Å². The van der Waals surface area contributed by atoms with Crippen LogP contribution in [0.1, 0.15) is 25.8 Å². The summed E-state index contributed by atoms with van der Waals surface area (Å²) in [4.78, 5) is 8.03. The smallest absolute Gasteiger partial charge is 0.221 e. The minimum atomic E-state index is 0.291. The highest BCUT2D eigenvalue weighted by Crippen LogP contribution is 2.10. The molecule has 5 heteroatoms. The Labute approximate surface area is 103 Å². The van der Waals surface area contributed by atoms with Crippen molar-refractivity contribution in [2.45, 2.75) is 27.2 Å². The number of hydrogen-bond acceptors (Lipinski definition) is 5. The van der Waals surface area contributed by atoms with E-state index in [0.717, 1.165) is 31.0 Å². The summed E-state index contributed by atoms with van der Waals surface area (Å²) in [6.45, 7) is 8.54. The molecule has 0 saturated carbocycles. The molecule has 0 fully saturated rings. The van der Waals surface area contributed by atoms with Gasteiger partial charge in [-0.2, -0.15) is 4.98 Å². The third kappa shape index (κ3) is 5.49. The number of ether oxygens (including phenoxy) is 1. The highest BCUT2D eigenvalue weighted by Gasteiger charge is 2.00. The monoisotopic (exact) mass is 238 g/mol. The Bertz CT molecular complexity index is 341. The highest BCUT2D eigenvalue weighted by molar-refractivity contribution is 5.44. The molecule has 0 atom stereocenters. The van der Waals surface area contributed by atoms with Gasteiger partial charge in [-0.25, -0.2) is 4.98 Å². The maximum atomic E-state index is 5.52. The van der Waals surface area contributed by atoms with Gasteiger partial charge in [-0.05, 0) is 19.3 Å². The first-order valence-corrected chi connectivity index (χ1v) is 6.00. The lowest BCUT2D eigenvalue weighted by atomic mass is 10.1. The average Bonchev–Trinajstić information content (AvgIpc) is 2.27. The fourth-order valence-electron chi connectivity index (χ4n) is 1.30. The van der Waals surface area contributed by atoms with Crippen LogP contribution in [-0.2, 0) is 4.74 Å². The molecule has 0 amide bonds. The number of nitrogens with zero attached hydrogens (tertiary/aromatic N) is 2. The Morgan fingerprint density at radius 1 is 1.41 bits per heavy atom. The van der Waals surface area contributed by atoms with Crippen LogP contribution in [-0.4, -0.2) is 29.7 Å². The van der Waals surface area contributed by atoms with Gasteiger partial charge in [-0.3, -0.25) is 0 Å². The summed E-state index contributed by atoms with van der Waals surface area (Å²) in [5.41, 5.74) is 6.51. The van der Waals surface area contributed by atoms with Gasteiger partial charge in [-0.15, -0.1) is 0 Å². The first kappa shape index (κ1) is 13.7.